The van der Waals surface area contributed by atoms with E-state index < -0.39 is 0 Å². The molecule has 0 heterocycles. The molecule has 0 aromatic heterocycles. The van der Waals surface area contributed by atoms with E-state index in [0.717, 1.165) is 25.6 Å². The minimum atomic E-state index is 0.386. The molecule has 72 valence electrons. The summed E-state index contributed by atoms with van der Waals surface area (Å²) < 4.78 is 5.65. The third-order valence-corrected chi connectivity index (χ3v) is 2.17. The second-order valence-electron chi connectivity index (χ2n) is 3.79. The van der Waals surface area contributed by atoms with E-state index in [9.17, 15) is 0 Å². The van der Waals surface area contributed by atoms with E-state index in [1.54, 1.807) is 0 Å². The molecule has 0 radical (unpaired) electrons. The highest BCUT2D eigenvalue weighted by molar-refractivity contribution is 4.72. The lowest BCUT2D eigenvalue weighted by Crippen LogP contribution is -2.27. The van der Waals surface area contributed by atoms with Crippen molar-refractivity contribution in [3.8, 4) is 0 Å². The monoisotopic (exact) mass is 171 g/mol. The standard InChI is InChI=1S/C10H21NO/c1-3-6-11-7-9(2)12-8-10-4-5-10/h9-11H,3-8H2,1-2H3. The Hall–Kier alpha value is -0.0800. The molecule has 0 aliphatic heterocycles. The van der Waals surface area contributed by atoms with Gasteiger partial charge in [0.25, 0.3) is 0 Å². The summed E-state index contributed by atoms with van der Waals surface area (Å²) in [6, 6.07) is 0. The van der Waals surface area contributed by atoms with Crippen LogP contribution in [0.25, 0.3) is 0 Å². The Labute approximate surface area is 75.7 Å². The van der Waals surface area contributed by atoms with Gasteiger partial charge in [0.2, 0.25) is 0 Å². The van der Waals surface area contributed by atoms with Crippen molar-refractivity contribution in [3.05, 3.63) is 0 Å². The molecule has 1 atom stereocenters. The summed E-state index contributed by atoms with van der Waals surface area (Å²) in [5.41, 5.74) is 0. The van der Waals surface area contributed by atoms with Crippen LogP contribution in [0.5, 0.6) is 0 Å². The molecule has 1 aliphatic rings. The molecule has 0 amide bonds. The smallest absolute Gasteiger partial charge is 0.0671 e. The average molecular weight is 171 g/mol. The van der Waals surface area contributed by atoms with Gasteiger partial charge in [-0.2, -0.15) is 0 Å². The molecule has 1 unspecified atom stereocenters. The van der Waals surface area contributed by atoms with Crippen molar-refractivity contribution in [3.63, 3.8) is 0 Å². The molecule has 0 saturated heterocycles. The summed E-state index contributed by atoms with van der Waals surface area (Å²) >= 11 is 0. The first-order chi connectivity index (χ1) is 5.83. The summed E-state index contributed by atoms with van der Waals surface area (Å²) in [6.45, 7) is 7.42. The topological polar surface area (TPSA) is 21.3 Å². The van der Waals surface area contributed by atoms with Gasteiger partial charge >= 0.3 is 0 Å². The Bertz CT molecular complexity index is 112. The summed E-state index contributed by atoms with van der Waals surface area (Å²) in [6.07, 6.45) is 4.36. The van der Waals surface area contributed by atoms with Gasteiger partial charge in [0.05, 0.1) is 6.10 Å². The predicted octanol–water partition coefficient (Wildman–Crippen LogP) is 1.80. The Morgan fingerprint density at radius 1 is 1.50 bits per heavy atom. The lowest BCUT2D eigenvalue weighted by Gasteiger charge is -2.12. The molecule has 1 N–H and O–H groups in total. The van der Waals surface area contributed by atoms with E-state index in [4.69, 9.17) is 4.74 Å². The van der Waals surface area contributed by atoms with Crippen LogP contribution in [0, 0.1) is 5.92 Å². The molecule has 2 heteroatoms. The first-order valence-corrected chi connectivity index (χ1v) is 5.15. The fourth-order valence-corrected chi connectivity index (χ4v) is 1.13. The SMILES string of the molecule is CCCNCC(C)OCC1CC1. The van der Waals surface area contributed by atoms with Crippen LogP contribution in [0.15, 0.2) is 0 Å². The quantitative estimate of drug-likeness (QED) is 0.590. The zero-order valence-corrected chi connectivity index (χ0v) is 8.31. The molecule has 0 aromatic carbocycles. The van der Waals surface area contributed by atoms with Crippen molar-refractivity contribution < 1.29 is 4.74 Å². The first-order valence-electron chi connectivity index (χ1n) is 5.15. The predicted molar refractivity (Wildman–Crippen MR) is 51.3 cm³/mol. The van der Waals surface area contributed by atoms with Gasteiger partial charge in [0.1, 0.15) is 0 Å². The molecular weight excluding hydrogens is 150 g/mol. The fourth-order valence-electron chi connectivity index (χ4n) is 1.13. The van der Waals surface area contributed by atoms with Crippen molar-refractivity contribution in [2.24, 2.45) is 5.92 Å². The molecule has 0 spiro atoms. The highest BCUT2D eigenvalue weighted by Gasteiger charge is 2.21. The molecule has 0 bridgehead atoms. The largest absolute Gasteiger partial charge is 0.377 e. The van der Waals surface area contributed by atoms with Crippen LogP contribution in [0.2, 0.25) is 0 Å². The van der Waals surface area contributed by atoms with E-state index in [1.807, 2.05) is 0 Å². The molecule has 1 rings (SSSR count). The van der Waals surface area contributed by atoms with Crippen LogP contribution in [0.1, 0.15) is 33.1 Å². The number of rotatable bonds is 7. The van der Waals surface area contributed by atoms with Gasteiger partial charge in [-0.1, -0.05) is 6.92 Å². The highest BCUT2D eigenvalue weighted by Crippen LogP contribution is 2.29. The summed E-state index contributed by atoms with van der Waals surface area (Å²) in [4.78, 5) is 0. The maximum absolute atomic E-state index is 5.65. The molecule has 2 nitrogen and oxygen atoms in total. The Morgan fingerprint density at radius 2 is 2.25 bits per heavy atom. The van der Waals surface area contributed by atoms with Crippen molar-refractivity contribution in [1.29, 1.82) is 0 Å². The van der Waals surface area contributed by atoms with Crippen LogP contribution < -0.4 is 5.32 Å². The van der Waals surface area contributed by atoms with E-state index in [0.29, 0.717) is 6.10 Å². The van der Waals surface area contributed by atoms with E-state index in [1.165, 1.54) is 19.3 Å². The van der Waals surface area contributed by atoms with E-state index in [-0.39, 0.29) is 0 Å². The second-order valence-corrected chi connectivity index (χ2v) is 3.79. The van der Waals surface area contributed by atoms with Gasteiger partial charge < -0.3 is 10.1 Å². The fraction of sp³-hybridized carbons (Fsp3) is 1.00. The van der Waals surface area contributed by atoms with E-state index >= 15 is 0 Å². The van der Waals surface area contributed by atoms with Crippen LogP contribution in [0.4, 0.5) is 0 Å². The maximum Gasteiger partial charge on any atom is 0.0671 e. The van der Waals surface area contributed by atoms with Crippen molar-refractivity contribution >= 4 is 0 Å². The average Bonchev–Trinajstić information content (AvgIpc) is 2.84. The highest BCUT2D eigenvalue weighted by atomic mass is 16.5. The molecular formula is C10H21NO. The van der Waals surface area contributed by atoms with Crippen molar-refractivity contribution in [2.75, 3.05) is 19.7 Å². The van der Waals surface area contributed by atoms with Gasteiger partial charge in [-0.05, 0) is 38.6 Å². The van der Waals surface area contributed by atoms with Crippen LogP contribution in [0.3, 0.4) is 0 Å². The van der Waals surface area contributed by atoms with Crippen LogP contribution in [-0.2, 0) is 4.74 Å². The van der Waals surface area contributed by atoms with Gasteiger partial charge in [-0.3, -0.25) is 0 Å². The number of ether oxygens (including phenoxy) is 1. The lowest BCUT2D eigenvalue weighted by atomic mass is 10.3. The number of hydrogen-bond donors (Lipinski definition) is 1. The minimum absolute atomic E-state index is 0.386. The molecule has 12 heavy (non-hydrogen) atoms. The Morgan fingerprint density at radius 3 is 2.83 bits per heavy atom. The van der Waals surface area contributed by atoms with Gasteiger partial charge in [0.15, 0.2) is 0 Å². The number of hydrogen-bond acceptors (Lipinski definition) is 2. The number of nitrogens with one attached hydrogen (secondary N) is 1. The zero-order valence-electron chi connectivity index (χ0n) is 8.31. The summed E-state index contributed by atoms with van der Waals surface area (Å²) in [5, 5.41) is 3.35. The van der Waals surface area contributed by atoms with E-state index in [2.05, 4.69) is 19.2 Å². The van der Waals surface area contributed by atoms with Crippen molar-refractivity contribution in [1.82, 2.24) is 5.32 Å². The molecule has 1 aliphatic carbocycles. The molecule has 1 fully saturated rings. The first kappa shape index (κ1) is 10.0. The summed E-state index contributed by atoms with van der Waals surface area (Å²) in [5.74, 6) is 0.888. The van der Waals surface area contributed by atoms with Gasteiger partial charge in [0, 0.05) is 13.2 Å². The Balaban J connectivity index is 1.84. The second kappa shape index (κ2) is 5.55. The summed E-state index contributed by atoms with van der Waals surface area (Å²) in [7, 11) is 0. The lowest BCUT2D eigenvalue weighted by molar-refractivity contribution is 0.0585. The third-order valence-electron chi connectivity index (χ3n) is 2.17. The van der Waals surface area contributed by atoms with Gasteiger partial charge in [-0.15, -0.1) is 0 Å². The molecule has 0 aromatic rings. The van der Waals surface area contributed by atoms with Gasteiger partial charge in [-0.25, -0.2) is 0 Å². The Kier molecular flexibility index (Phi) is 4.62. The zero-order chi connectivity index (χ0) is 8.81. The normalized spacial score (nSPS) is 19.5. The maximum atomic E-state index is 5.65. The van der Waals surface area contributed by atoms with Crippen molar-refractivity contribution in [2.45, 2.75) is 39.2 Å². The molecule has 1 saturated carbocycles. The third kappa shape index (κ3) is 4.73. The van der Waals surface area contributed by atoms with Crippen LogP contribution in [-0.4, -0.2) is 25.8 Å². The minimum Gasteiger partial charge on any atom is -0.377 e. The van der Waals surface area contributed by atoms with Crippen LogP contribution >= 0.6 is 0 Å².